The van der Waals surface area contributed by atoms with Crippen LogP contribution < -0.4 is 16.2 Å². The van der Waals surface area contributed by atoms with Crippen molar-refractivity contribution in [3.05, 3.63) is 107 Å². The van der Waals surface area contributed by atoms with Crippen molar-refractivity contribution in [2.24, 2.45) is 12.8 Å². The summed E-state index contributed by atoms with van der Waals surface area (Å²) in [6.45, 7) is 2.02. The number of hydrogen-bond donors (Lipinski definition) is 3. The zero-order valence-electron chi connectivity index (χ0n) is 23.1. The highest BCUT2D eigenvalue weighted by molar-refractivity contribution is 7.91. The van der Waals surface area contributed by atoms with E-state index < -0.39 is 31.9 Å². The third-order valence-corrected chi connectivity index (χ3v) is 8.71. The lowest BCUT2D eigenvalue weighted by molar-refractivity contribution is 0.100. The number of nitrogens with zero attached hydrogens (tertiary/aromatic N) is 4. The van der Waals surface area contributed by atoms with Gasteiger partial charge in [-0.05, 0) is 60.5 Å². The zero-order chi connectivity index (χ0) is 30.9. The molecule has 2 heterocycles. The van der Waals surface area contributed by atoms with E-state index >= 15 is 0 Å². The standard InChI is InChI=1S/C31H26N6O5S/c1-3-37(21-8-6-7-19(17-21)18-32)27-26(25-15-16-36(2)35-25)34-31(40)29(28(27)38)43(41,42)22-13-11-20(12-14-22)23-9-4-5-10-24(23)30(33)39/h4-17H,3H2,1-2H3,(H2,33,39)(H2,34,38,40). The first kappa shape index (κ1) is 28.8. The van der Waals surface area contributed by atoms with Gasteiger partial charge in [-0.15, -0.1) is 0 Å². The number of nitrogens with two attached hydrogens (primary N) is 1. The molecule has 0 saturated carbocycles. The van der Waals surface area contributed by atoms with E-state index in [2.05, 4.69) is 16.2 Å². The molecule has 0 unspecified atom stereocenters. The first-order valence-corrected chi connectivity index (χ1v) is 14.6. The Hall–Kier alpha value is -5.67. The Bertz CT molecular complexity index is 2080. The van der Waals surface area contributed by atoms with E-state index in [0.717, 1.165) is 0 Å². The van der Waals surface area contributed by atoms with Crippen molar-refractivity contribution in [1.29, 1.82) is 5.26 Å². The van der Waals surface area contributed by atoms with Gasteiger partial charge in [0.25, 0.3) is 5.56 Å². The van der Waals surface area contributed by atoms with Crippen LogP contribution in [0.3, 0.4) is 0 Å². The summed E-state index contributed by atoms with van der Waals surface area (Å²) in [5.41, 5.74) is 7.01. The van der Waals surface area contributed by atoms with Crippen molar-refractivity contribution >= 4 is 27.1 Å². The SMILES string of the molecule is CCN(c1cccc(C#N)c1)c1c(-c2ccn(C)n2)[nH]c(=O)c(S(=O)(=O)c2ccc(-c3ccccc3C(N)=O)cc2)c1O. The average Bonchev–Trinajstić information content (AvgIpc) is 3.44. The average molecular weight is 595 g/mol. The molecular weight excluding hydrogens is 568 g/mol. The Morgan fingerprint density at radius 3 is 2.44 bits per heavy atom. The van der Waals surface area contributed by atoms with Gasteiger partial charge in [-0.1, -0.05) is 36.4 Å². The molecule has 0 atom stereocenters. The molecule has 5 aromatic rings. The maximum atomic E-state index is 13.9. The van der Waals surface area contributed by atoms with Gasteiger partial charge in [-0.25, -0.2) is 8.42 Å². The number of pyridine rings is 1. The Morgan fingerprint density at radius 2 is 1.81 bits per heavy atom. The lowest BCUT2D eigenvalue weighted by atomic mass is 9.99. The number of benzene rings is 3. The second-order valence-electron chi connectivity index (χ2n) is 9.57. The number of primary amides is 1. The second-order valence-corrected chi connectivity index (χ2v) is 11.5. The molecule has 3 aromatic carbocycles. The molecule has 0 aliphatic rings. The number of anilines is 2. The van der Waals surface area contributed by atoms with Gasteiger partial charge in [-0.3, -0.25) is 14.3 Å². The largest absolute Gasteiger partial charge is 0.504 e. The van der Waals surface area contributed by atoms with Crippen molar-refractivity contribution < 1.29 is 18.3 Å². The Balaban J connectivity index is 1.70. The Labute approximate surface area is 247 Å². The molecule has 2 aromatic heterocycles. The number of H-pyrrole nitrogens is 1. The molecule has 216 valence electrons. The van der Waals surface area contributed by atoms with E-state index in [1.807, 2.05) is 0 Å². The minimum absolute atomic E-state index is 0.00136. The fourth-order valence-electron chi connectivity index (χ4n) is 4.90. The number of hydrogen-bond acceptors (Lipinski definition) is 8. The maximum absolute atomic E-state index is 13.9. The van der Waals surface area contributed by atoms with Crippen molar-refractivity contribution in [3.63, 3.8) is 0 Å². The number of rotatable bonds is 8. The molecule has 0 aliphatic heterocycles. The number of aromatic amines is 1. The molecule has 43 heavy (non-hydrogen) atoms. The number of sulfone groups is 1. The number of amides is 1. The van der Waals surface area contributed by atoms with E-state index in [1.54, 1.807) is 79.7 Å². The fraction of sp³-hybridized carbons (Fsp3) is 0.0968. The van der Waals surface area contributed by atoms with E-state index in [0.29, 0.717) is 28.1 Å². The molecule has 0 radical (unpaired) electrons. The van der Waals surface area contributed by atoms with Crippen LogP contribution in [0.2, 0.25) is 0 Å². The van der Waals surface area contributed by atoms with Gasteiger partial charge in [-0.2, -0.15) is 10.4 Å². The smallest absolute Gasteiger partial charge is 0.271 e. The molecule has 11 nitrogen and oxygen atoms in total. The molecular formula is C31H26N6O5S. The quantitative estimate of drug-likeness (QED) is 0.240. The van der Waals surface area contributed by atoms with Crippen LogP contribution in [0.25, 0.3) is 22.5 Å². The highest BCUT2D eigenvalue weighted by Crippen LogP contribution is 2.43. The number of carbonyl (C=O) groups is 1. The molecule has 0 bridgehead atoms. The molecule has 4 N–H and O–H groups in total. The van der Waals surface area contributed by atoms with Crippen LogP contribution in [0.1, 0.15) is 22.8 Å². The molecule has 0 fully saturated rings. The lowest BCUT2D eigenvalue weighted by Crippen LogP contribution is -2.24. The molecule has 0 aliphatic carbocycles. The lowest BCUT2D eigenvalue weighted by Gasteiger charge is -2.27. The first-order chi connectivity index (χ1) is 20.6. The highest BCUT2D eigenvalue weighted by Gasteiger charge is 2.32. The van der Waals surface area contributed by atoms with E-state index in [9.17, 15) is 28.4 Å². The van der Waals surface area contributed by atoms with Crippen LogP contribution >= 0.6 is 0 Å². The predicted molar refractivity (Wildman–Crippen MR) is 161 cm³/mol. The second kappa shape index (κ2) is 11.3. The summed E-state index contributed by atoms with van der Waals surface area (Å²) < 4.78 is 29.3. The van der Waals surface area contributed by atoms with Crippen LogP contribution in [-0.4, -0.2) is 40.7 Å². The highest BCUT2D eigenvalue weighted by atomic mass is 32.2. The number of aryl methyl sites for hydroxylation is 1. The number of nitriles is 1. The number of aromatic hydroxyl groups is 1. The third kappa shape index (κ3) is 5.25. The van der Waals surface area contributed by atoms with E-state index in [1.165, 1.54) is 28.9 Å². The number of nitrogens with one attached hydrogen (secondary N) is 1. The monoisotopic (exact) mass is 594 g/mol. The molecule has 0 spiro atoms. The number of carbonyl (C=O) groups excluding carboxylic acids is 1. The molecule has 12 heteroatoms. The van der Waals surface area contributed by atoms with Gasteiger partial charge in [0, 0.05) is 31.0 Å². The van der Waals surface area contributed by atoms with Crippen molar-refractivity contribution in [2.45, 2.75) is 16.7 Å². The molecule has 1 amide bonds. The van der Waals surface area contributed by atoms with Gasteiger partial charge in [0.1, 0.15) is 11.4 Å². The van der Waals surface area contributed by atoms with Gasteiger partial charge < -0.3 is 20.7 Å². The molecule has 0 saturated heterocycles. The van der Waals surface area contributed by atoms with Gasteiger partial charge in [0.2, 0.25) is 15.7 Å². The normalized spacial score (nSPS) is 11.2. The Kier molecular flexibility index (Phi) is 7.58. The maximum Gasteiger partial charge on any atom is 0.271 e. The summed E-state index contributed by atoms with van der Waals surface area (Å²) in [4.78, 5) is 28.5. The van der Waals surface area contributed by atoms with Crippen LogP contribution in [0, 0.1) is 11.3 Å². The van der Waals surface area contributed by atoms with Crippen LogP contribution in [-0.2, 0) is 16.9 Å². The van der Waals surface area contributed by atoms with E-state index in [4.69, 9.17) is 5.73 Å². The van der Waals surface area contributed by atoms with Gasteiger partial charge >= 0.3 is 0 Å². The van der Waals surface area contributed by atoms with Crippen LogP contribution in [0.5, 0.6) is 5.75 Å². The Morgan fingerprint density at radius 1 is 1.09 bits per heavy atom. The number of aromatic nitrogens is 3. The minimum Gasteiger partial charge on any atom is -0.504 e. The first-order valence-electron chi connectivity index (χ1n) is 13.1. The minimum atomic E-state index is -4.57. The summed E-state index contributed by atoms with van der Waals surface area (Å²) in [5, 5.41) is 25.4. The summed E-state index contributed by atoms with van der Waals surface area (Å²) in [6.07, 6.45) is 1.64. The predicted octanol–water partition coefficient (Wildman–Crippen LogP) is 4.11. The summed E-state index contributed by atoms with van der Waals surface area (Å²) in [5.74, 6) is -1.40. The van der Waals surface area contributed by atoms with Crippen LogP contribution in [0.15, 0.2) is 99.6 Å². The summed E-state index contributed by atoms with van der Waals surface area (Å²) >= 11 is 0. The van der Waals surface area contributed by atoms with Crippen molar-refractivity contribution in [1.82, 2.24) is 14.8 Å². The summed E-state index contributed by atoms with van der Waals surface area (Å²) in [6, 6.07) is 22.5. The zero-order valence-corrected chi connectivity index (χ0v) is 24.0. The topological polar surface area (TPSA) is 175 Å². The van der Waals surface area contributed by atoms with E-state index in [-0.39, 0.29) is 28.4 Å². The fourth-order valence-corrected chi connectivity index (χ4v) is 6.28. The van der Waals surface area contributed by atoms with Gasteiger partial charge in [0.15, 0.2) is 10.6 Å². The van der Waals surface area contributed by atoms with Crippen molar-refractivity contribution in [2.75, 3.05) is 11.4 Å². The van der Waals surface area contributed by atoms with Crippen molar-refractivity contribution in [3.8, 4) is 34.3 Å². The summed E-state index contributed by atoms with van der Waals surface area (Å²) in [7, 11) is -2.89. The third-order valence-electron chi connectivity index (χ3n) is 6.90. The van der Waals surface area contributed by atoms with Crippen LogP contribution in [0.4, 0.5) is 11.4 Å². The van der Waals surface area contributed by atoms with Gasteiger partial charge in [0.05, 0.1) is 22.2 Å². The molecule has 5 rings (SSSR count).